The van der Waals surface area contributed by atoms with Gasteiger partial charge < -0.3 is 10.4 Å². The molecule has 2 N–H and O–H groups in total. The first-order valence-electron chi connectivity index (χ1n) is 7.38. The summed E-state index contributed by atoms with van der Waals surface area (Å²) in [4.78, 5) is 16.5. The van der Waals surface area contributed by atoms with Crippen LogP contribution in [0.4, 0.5) is 14.6 Å². The number of aromatic nitrogens is 3. The summed E-state index contributed by atoms with van der Waals surface area (Å²) < 4.78 is 28.4. The maximum Gasteiger partial charge on any atom is 0.257 e. The van der Waals surface area contributed by atoms with Crippen molar-refractivity contribution in [3.63, 3.8) is 0 Å². The van der Waals surface area contributed by atoms with Gasteiger partial charge in [-0.05, 0) is 31.2 Å². The third kappa shape index (κ3) is 3.63. The molecule has 2 heterocycles. The monoisotopic (exact) mass is 344 g/mol. The molecule has 0 saturated carbocycles. The van der Waals surface area contributed by atoms with Crippen LogP contribution in [0.2, 0.25) is 0 Å². The average Bonchev–Trinajstić information content (AvgIpc) is 2.92. The number of nitrogens with one attached hydrogen (secondary N) is 1. The number of hydrogen-bond acceptors (Lipinski definition) is 4. The van der Waals surface area contributed by atoms with Gasteiger partial charge in [-0.25, -0.2) is 13.5 Å². The van der Waals surface area contributed by atoms with E-state index < -0.39 is 23.3 Å². The number of aryl methyl sites for hydroxylation is 1. The van der Waals surface area contributed by atoms with E-state index in [0.717, 1.165) is 17.8 Å². The Labute approximate surface area is 141 Å². The second kappa shape index (κ2) is 6.68. The minimum atomic E-state index is -1.21. The predicted molar refractivity (Wildman–Crippen MR) is 86.3 cm³/mol. The Bertz CT molecular complexity index is 903. The van der Waals surface area contributed by atoms with Crippen molar-refractivity contribution < 1.29 is 18.7 Å². The number of amides is 1. The zero-order valence-electron chi connectivity index (χ0n) is 13.2. The van der Waals surface area contributed by atoms with Gasteiger partial charge in [0.2, 0.25) is 0 Å². The molecular formula is C17H14F2N4O2. The second-order valence-corrected chi connectivity index (χ2v) is 5.39. The summed E-state index contributed by atoms with van der Waals surface area (Å²) in [5.74, 6) is -3.89. The molecule has 8 heteroatoms. The molecule has 6 nitrogen and oxygen atoms in total. The van der Waals surface area contributed by atoms with E-state index in [1.165, 1.54) is 4.68 Å². The lowest BCUT2D eigenvalue weighted by Crippen LogP contribution is -2.17. The smallest absolute Gasteiger partial charge is 0.257 e. The van der Waals surface area contributed by atoms with Gasteiger partial charge in [0.25, 0.3) is 5.91 Å². The molecular weight excluding hydrogens is 330 g/mol. The SMILES string of the molecule is Cc1cc(NC(=O)c2cc(F)c(O)c(F)c2)n(Cc2ccccn2)n1. The number of benzene rings is 1. The van der Waals surface area contributed by atoms with Crippen LogP contribution in [0, 0.1) is 18.6 Å². The zero-order chi connectivity index (χ0) is 18.0. The number of hydrogen-bond donors (Lipinski definition) is 2. The van der Waals surface area contributed by atoms with Gasteiger partial charge in [-0.15, -0.1) is 0 Å². The lowest BCUT2D eigenvalue weighted by molar-refractivity contribution is 0.102. The number of aromatic hydroxyl groups is 1. The molecule has 0 aliphatic carbocycles. The Morgan fingerprint density at radius 1 is 1.24 bits per heavy atom. The first kappa shape index (κ1) is 16.6. The van der Waals surface area contributed by atoms with Crippen LogP contribution >= 0.6 is 0 Å². The summed E-state index contributed by atoms with van der Waals surface area (Å²) >= 11 is 0. The van der Waals surface area contributed by atoms with Crippen molar-refractivity contribution in [1.82, 2.24) is 14.8 Å². The molecule has 3 aromatic rings. The van der Waals surface area contributed by atoms with Crippen molar-refractivity contribution >= 4 is 11.7 Å². The van der Waals surface area contributed by atoms with Crippen LogP contribution in [0.3, 0.4) is 0 Å². The molecule has 0 atom stereocenters. The summed E-state index contributed by atoms with van der Waals surface area (Å²) in [6, 6.07) is 8.59. The number of rotatable bonds is 4. The minimum absolute atomic E-state index is 0.254. The average molecular weight is 344 g/mol. The summed E-state index contributed by atoms with van der Waals surface area (Å²) in [7, 11) is 0. The zero-order valence-corrected chi connectivity index (χ0v) is 13.2. The van der Waals surface area contributed by atoms with Gasteiger partial charge in [-0.3, -0.25) is 9.78 Å². The number of phenolic OH excluding ortho intramolecular Hbond substituents is 1. The normalized spacial score (nSPS) is 10.7. The van der Waals surface area contributed by atoms with Crippen LogP contribution in [-0.2, 0) is 6.54 Å². The van der Waals surface area contributed by atoms with Crippen molar-refractivity contribution in [2.75, 3.05) is 5.32 Å². The molecule has 0 saturated heterocycles. The molecule has 2 aromatic heterocycles. The molecule has 0 unspecified atom stereocenters. The standard InChI is InChI=1S/C17H14F2N4O2/c1-10-6-15(23(22-10)9-12-4-2-3-5-20-12)21-17(25)11-7-13(18)16(24)14(19)8-11/h2-8,24H,9H2,1H3,(H,21,25). The van der Waals surface area contributed by atoms with Crippen LogP contribution in [0.15, 0.2) is 42.6 Å². The third-order valence-electron chi connectivity index (χ3n) is 3.46. The van der Waals surface area contributed by atoms with E-state index in [4.69, 9.17) is 5.11 Å². The molecule has 0 aliphatic rings. The van der Waals surface area contributed by atoms with Crippen LogP contribution in [0.1, 0.15) is 21.7 Å². The summed E-state index contributed by atoms with van der Waals surface area (Å²) in [6.07, 6.45) is 1.64. The van der Waals surface area contributed by atoms with Gasteiger partial charge in [-0.1, -0.05) is 6.07 Å². The molecule has 25 heavy (non-hydrogen) atoms. The lowest BCUT2D eigenvalue weighted by Gasteiger charge is -2.09. The first-order chi connectivity index (χ1) is 11.9. The third-order valence-corrected chi connectivity index (χ3v) is 3.46. The van der Waals surface area contributed by atoms with Gasteiger partial charge >= 0.3 is 0 Å². The highest BCUT2D eigenvalue weighted by atomic mass is 19.1. The maximum atomic E-state index is 13.4. The van der Waals surface area contributed by atoms with Gasteiger partial charge in [-0.2, -0.15) is 5.10 Å². The highest BCUT2D eigenvalue weighted by Crippen LogP contribution is 2.22. The van der Waals surface area contributed by atoms with Gasteiger partial charge in [0, 0.05) is 17.8 Å². The predicted octanol–water partition coefficient (Wildman–Crippen LogP) is 2.87. The van der Waals surface area contributed by atoms with Crippen LogP contribution < -0.4 is 5.32 Å². The molecule has 1 aromatic carbocycles. The Hall–Kier alpha value is -3.29. The van der Waals surface area contributed by atoms with E-state index in [2.05, 4.69) is 15.4 Å². The summed E-state index contributed by atoms with van der Waals surface area (Å²) in [5.41, 5.74) is 1.15. The fourth-order valence-electron chi connectivity index (χ4n) is 2.30. The summed E-state index contributed by atoms with van der Waals surface area (Å²) in [5, 5.41) is 15.9. The minimum Gasteiger partial charge on any atom is -0.503 e. The summed E-state index contributed by atoms with van der Waals surface area (Å²) in [6.45, 7) is 2.08. The Kier molecular flexibility index (Phi) is 4.42. The van der Waals surface area contributed by atoms with E-state index in [0.29, 0.717) is 18.1 Å². The lowest BCUT2D eigenvalue weighted by atomic mass is 10.2. The molecule has 0 spiro atoms. The molecule has 128 valence electrons. The highest BCUT2D eigenvalue weighted by Gasteiger charge is 2.16. The Morgan fingerprint density at radius 2 is 1.96 bits per heavy atom. The molecule has 1 amide bonds. The Morgan fingerprint density at radius 3 is 2.60 bits per heavy atom. The van der Waals surface area contributed by atoms with E-state index >= 15 is 0 Å². The van der Waals surface area contributed by atoms with Gasteiger partial charge in [0.15, 0.2) is 17.4 Å². The van der Waals surface area contributed by atoms with E-state index in [1.807, 2.05) is 12.1 Å². The van der Waals surface area contributed by atoms with E-state index in [1.54, 1.807) is 25.3 Å². The number of phenols is 1. The van der Waals surface area contributed by atoms with E-state index in [9.17, 15) is 13.6 Å². The second-order valence-electron chi connectivity index (χ2n) is 5.39. The van der Waals surface area contributed by atoms with Gasteiger partial charge in [0.1, 0.15) is 5.82 Å². The molecule has 0 fully saturated rings. The van der Waals surface area contributed by atoms with Crippen LogP contribution in [-0.4, -0.2) is 25.8 Å². The largest absolute Gasteiger partial charge is 0.503 e. The number of halogens is 2. The van der Waals surface area contributed by atoms with Gasteiger partial charge in [0.05, 0.1) is 17.9 Å². The number of carbonyl (C=O) groups is 1. The Balaban J connectivity index is 1.84. The van der Waals surface area contributed by atoms with Crippen molar-refractivity contribution in [2.24, 2.45) is 0 Å². The number of carbonyl (C=O) groups excluding carboxylic acids is 1. The number of pyridine rings is 1. The molecule has 0 aliphatic heterocycles. The molecule has 3 rings (SSSR count). The fourth-order valence-corrected chi connectivity index (χ4v) is 2.30. The highest BCUT2D eigenvalue weighted by molar-refractivity contribution is 6.04. The van der Waals surface area contributed by atoms with Crippen molar-refractivity contribution in [3.8, 4) is 5.75 Å². The van der Waals surface area contributed by atoms with Crippen molar-refractivity contribution in [3.05, 3.63) is 71.2 Å². The quantitative estimate of drug-likeness (QED) is 0.763. The van der Waals surface area contributed by atoms with Crippen molar-refractivity contribution in [1.29, 1.82) is 0 Å². The van der Waals surface area contributed by atoms with Crippen LogP contribution in [0.5, 0.6) is 5.75 Å². The molecule has 0 bridgehead atoms. The molecule has 0 radical (unpaired) electrons. The maximum absolute atomic E-state index is 13.4. The van der Waals surface area contributed by atoms with Crippen molar-refractivity contribution in [2.45, 2.75) is 13.5 Å². The fraction of sp³-hybridized carbons (Fsp3) is 0.118. The topological polar surface area (TPSA) is 80.0 Å². The first-order valence-corrected chi connectivity index (χ1v) is 7.38. The number of anilines is 1. The number of nitrogens with zero attached hydrogens (tertiary/aromatic N) is 3. The van der Waals surface area contributed by atoms with E-state index in [-0.39, 0.29) is 5.56 Å². The van der Waals surface area contributed by atoms with Crippen LogP contribution in [0.25, 0.3) is 0 Å².